The summed E-state index contributed by atoms with van der Waals surface area (Å²) in [6, 6.07) is 62.8. The van der Waals surface area contributed by atoms with Crippen molar-refractivity contribution in [2.45, 2.75) is 0 Å². The van der Waals surface area contributed by atoms with Crippen molar-refractivity contribution in [3.8, 4) is 67.5 Å². The molecule has 0 amide bonds. The van der Waals surface area contributed by atoms with E-state index in [2.05, 4.69) is 158 Å². The third kappa shape index (κ3) is 4.43. The van der Waals surface area contributed by atoms with Crippen molar-refractivity contribution in [2.24, 2.45) is 0 Å². The Morgan fingerprint density at radius 3 is 1.62 bits per heavy atom. The Bertz CT molecular complexity index is 3050. The minimum atomic E-state index is 0.648. The van der Waals surface area contributed by atoms with Gasteiger partial charge in [0, 0.05) is 16.7 Å². The number of aromatic nitrogens is 3. The van der Waals surface area contributed by atoms with E-state index in [9.17, 15) is 0 Å². The SMILES string of the molecule is c1ccc(-c2nc(-c3ccc(-c4c5ccccc5cc5c4ccc4ccccc45)cc3)nc(-c3ccc4c(c3)-c3cccc5cccc-4c35)n2)cc1. The summed E-state index contributed by atoms with van der Waals surface area (Å²) in [7, 11) is 0. The maximum atomic E-state index is 5.14. The number of rotatable bonds is 4. The highest BCUT2D eigenvalue weighted by Crippen LogP contribution is 2.48. The lowest BCUT2D eigenvalue weighted by Crippen LogP contribution is -2.00. The second-order valence-corrected chi connectivity index (χ2v) is 13.6. The van der Waals surface area contributed by atoms with Crippen molar-refractivity contribution in [1.82, 2.24) is 15.0 Å². The van der Waals surface area contributed by atoms with E-state index >= 15 is 0 Å². The Hall–Kier alpha value is -6.97. The Morgan fingerprint density at radius 2 is 0.846 bits per heavy atom. The fraction of sp³-hybridized carbons (Fsp3) is 0. The first-order valence-corrected chi connectivity index (χ1v) is 17.7. The highest BCUT2D eigenvalue weighted by molar-refractivity contribution is 6.20. The molecule has 11 rings (SSSR count). The topological polar surface area (TPSA) is 38.7 Å². The summed E-state index contributed by atoms with van der Waals surface area (Å²) in [4.78, 5) is 15.2. The van der Waals surface area contributed by atoms with Gasteiger partial charge in [0.05, 0.1) is 0 Å². The van der Waals surface area contributed by atoms with Crippen LogP contribution in [0.2, 0.25) is 0 Å². The van der Waals surface area contributed by atoms with Crippen molar-refractivity contribution < 1.29 is 0 Å². The van der Waals surface area contributed by atoms with E-state index in [0.717, 1.165) is 22.3 Å². The van der Waals surface area contributed by atoms with Gasteiger partial charge >= 0.3 is 0 Å². The van der Waals surface area contributed by atoms with Gasteiger partial charge in [0.15, 0.2) is 17.5 Å². The largest absolute Gasteiger partial charge is 0.208 e. The lowest BCUT2D eigenvalue weighted by molar-refractivity contribution is 1.07. The Kier molecular flexibility index (Phi) is 6.25. The maximum Gasteiger partial charge on any atom is 0.164 e. The van der Waals surface area contributed by atoms with Gasteiger partial charge in [-0.2, -0.15) is 0 Å². The summed E-state index contributed by atoms with van der Waals surface area (Å²) >= 11 is 0. The molecule has 0 unspecified atom stereocenters. The monoisotopic (exact) mass is 659 g/mol. The molecule has 0 spiro atoms. The summed E-state index contributed by atoms with van der Waals surface area (Å²) in [6.45, 7) is 0. The molecule has 0 aliphatic heterocycles. The normalized spacial score (nSPS) is 11.8. The van der Waals surface area contributed by atoms with Gasteiger partial charge in [0.25, 0.3) is 0 Å². The number of hydrogen-bond donors (Lipinski definition) is 0. The van der Waals surface area contributed by atoms with E-state index in [1.807, 2.05) is 18.2 Å². The molecule has 1 heterocycles. The van der Waals surface area contributed by atoms with Crippen molar-refractivity contribution in [2.75, 3.05) is 0 Å². The van der Waals surface area contributed by atoms with Crippen molar-refractivity contribution in [1.29, 1.82) is 0 Å². The summed E-state index contributed by atoms with van der Waals surface area (Å²) in [5.41, 5.74) is 10.3. The van der Waals surface area contributed by atoms with E-state index in [4.69, 9.17) is 15.0 Å². The minimum absolute atomic E-state index is 0.648. The highest BCUT2D eigenvalue weighted by atomic mass is 15.0. The van der Waals surface area contributed by atoms with Gasteiger partial charge in [-0.15, -0.1) is 0 Å². The zero-order chi connectivity index (χ0) is 34.2. The van der Waals surface area contributed by atoms with Crippen LogP contribution >= 0.6 is 0 Å². The summed E-state index contributed by atoms with van der Waals surface area (Å²) in [5.74, 6) is 1.96. The highest BCUT2D eigenvalue weighted by Gasteiger charge is 2.22. The molecule has 52 heavy (non-hydrogen) atoms. The standard InChI is InChI=1S/C49H29N3/c1-2-11-33(12-3-1)47-50-48(52-49(51-47)36-25-26-39-40-18-8-14-31-15-9-19-41(46(31)40)44(39)29-36)34-22-20-32(21-23-34)45-38-17-7-5-13-35(38)28-43-37-16-6-4-10-30(37)24-27-42(43)45/h1-29H. The van der Waals surface area contributed by atoms with Crippen LogP contribution in [-0.2, 0) is 0 Å². The van der Waals surface area contributed by atoms with Crippen LogP contribution in [0.3, 0.4) is 0 Å². The molecule has 3 heteroatoms. The molecule has 0 N–H and O–H groups in total. The molecule has 0 saturated carbocycles. The molecule has 0 radical (unpaired) electrons. The molecular formula is C49H29N3. The van der Waals surface area contributed by atoms with Crippen LogP contribution in [-0.4, -0.2) is 15.0 Å². The molecule has 0 fully saturated rings. The smallest absolute Gasteiger partial charge is 0.164 e. The fourth-order valence-corrected chi connectivity index (χ4v) is 8.20. The average Bonchev–Trinajstić information content (AvgIpc) is 3.54. The van der Waals surface area contributed by atoms with Crippen molar-refractivity contribution in [3.05, 3.63) is 176 Å². The van der Waals surface area contributed by atoms with Crippen LogP contribution in [0.4, 0.5) is 0 Å². The van der Waals surface area contributed by atoms with Crippen LogP contribution in [0, 0.1) is 0 Å². The average molecular weight is 660 g/mol. The molecular weight excluding hydrogens is 631 g/mol. The zero-order valence-corrected chi connectivity index (χ0v) is 28.1. The second kappa shape index (κ2) is 11.3. The summed E-state index contributed by atoms with van der Waals surface area (Å²) in [5, 5.41) is 10.1. The van der Waals surface area contributed by atoms with Crippen LogP contribution in [0.15, 0.2) is 176 Å². The van der Waals surface area contributed by atoms with Crippen LogP contribution in [0.5, 0.6) is 0 Å². The van der Waals surface area contributed by atoms with E-state index in [1.54, 1.807) is 0 Å². The Labute approximate surface area is 300 Å². The molecule has 0 atom stereocenters. The van der Waals surface area contributed by atoms with Gasteiger partial charge in [0.2, 0.25) is 0 Å². The molecule has 240 valence electrons. The van der Waals surface area contributed by atoms with Crippen LogP contribution in [0.25, 0.3) is 111 Å². The van der Waals surface area contributed by atoms with E-state index in [1.165, 1.54) is 70.9 Å². The van der Waals surface area contributed by atoms with E-state index in [0.29, 0.717) is 17.5 Å². The zero-order valence-electron chi connectivity index (χ0n) is 28.1. The van der Waals surface area contributed by atoms with Crippen LogP contribution in [0.1, 0.15) is 0 Å². The van der Waals surface area contributed by atoms with Crippen molar-refractivity contribution >= 4 is 43.1 Å². The molecule has 10 aromatic rings. The van der Waals surface area contributed by atoms with Crippen LogP contribution < -0.4 is 0 Å². The summed E-state index contributed by atoms with van der Waals surface area (Å²) < 4.78 is 0. The molecule has 0 bridgehead atoms. The first-order valence-electron chi connectivity index (χ1n) is 17.7. The summed E-state index contributed by atoms with van der Waals surface area (Å²) in [6.07, 6.45) is 0. The van der Waals surface area contributed by atoms with E-state index in [-0.39, 0.29) is 0 Å². The fourth-order valence-electron chi connectivity index (χ4n) is 8.20. The number of benzene rings is 9. The Balaban J connectivity index is 1.06. The molecule has 0 saturated heterocycles. The van der Waals surface area contributed by atoms with E-state index < -0.39 is 0 Å². The van der Waals surface area contributed by atoms with Crippen molar-refractivity contribution in [3.63, 3.8) is 0 Å². The molecule has 1 aliphatic rings. The molecule has 1 aromatic heterocycles. The Morgan fingerprint density at radius 1 is 0.269 bits per heavy atom. The molecule has 3 nitrogen and oxygen atoms in total. The first-order chi connectivity index (χ1) is 25.8. The van der Waals surface area contributed by atoms with Gasteiger partial charge in [-0.05, 0) is 88.6 Å². The first kappa shape index (κ1) is 28.8. The molecule has 9 aromatic carbocycles. The predicted octanol–water partition coefficient (Wildman–Crippen LogP) is 12.8. The predicted molar refractivity (Wildman–Crippen MR) is 216 cm³/mol. The van der Waals surface area contributed by atoms with Gasteiger partial charge in [-0.3, -0.25) is 0 Å². The lowest BCUT2D eigenvalue weighted by Gasteiger charge is -2.14. The minimum Gasteiger partial charge on any atom is -0.208 e. The quantitative estimate of drug-likeness (QED) is 0.139. The number of fused-ring (bicyclic) bond motifs is 7. The molecule has 1 aliphatic carbocycles. The number of nitrogens with zero attached hydrogens (tertiary/aromatic N) is 3. The van der Waals surface area contributed by atoms with Gasteiger partial charge in [-0.1, -0.05) is 164 Å². The maximum absolute atomic E-state index is 5.14. The third-order valence-electron chi connectivity index (χ3n) is 10.6. The second-order valence-electron chi connectivity index (χ2n) is 13.6. The van der Waals surface area contributed by atoms with Gasteiger partial charge < -0.3 is 0 Å². The lowest BCUT2D eigenvalue weighted by atomic mass is 9.89. The third-order valence-corrected chi connectivity index (χ3v) is 10.6. The number of hydrogen-bond acceptors (Lipinski definition) is 3. The van der Waals surface area contributed by atoms with Gasteiger partial charge in [0.1, 0.15) is 0 Å². The van der Waals surface area contributed by atoms with Gasteiger partial charge in [-0.25, -0.2) is 15.0 Å².